The Morgan fingerprint density at radius 3 is 2.53 bits per heavy atom. The highest BCUT2D eigenvalue weighted by Crippen LogP contribution is 2.34. The number of nitrogens with zero attached hydrogens (tertiary/aromatic N) is 3. The number of benzene rings is 1. The molecule has 3 heterocycles. The van der Waals surface area contributed by atoms with Crippen molar-refractivity contribution < 1.29 is 18.9 Å². The van der Waals surface area contributed by atoms with Gasteiger partial charge >= 0.3 is 0 Å². The number of methoxy groups -OCH3 is 2. The van der Waals surface area contributed by atoms with E-state index in [9.17, 15) is 0 Å². The Balaban J connectivity index is 1.17. The average Bonchev–Trinajstić information content (AvgIpc) is 3.57. The van der Waals surface area contributed by atoms with Crippen molar-refractivity contribution in [2.45, 2.75) is 62.8 Å². The monoisotopic (exact) mass is 487 g/mol. The number of thiocarbonyl (C=S) groups is 1. The van der Waals surface area contributed by atoms with Gasteiger partial charge in [0.25, 0.3) is 0 Å². The second-order valence-electron chi connectivity index (χ2n) is 9.37. The van der Waals surface area contributed by atoms with Crippen molar-refractivity contribution in [3.05, 3.63) is 30.1 Å². The van der Waals surface area contributed by atoms with Gasteiger partial charge in [-0.05, 0) is 24.6 Å². The molecule has 0 radical (unpaired) electrons. The van der Waals surface area contributed by atoms with Crippen molar-refractivity contribution in [2.24, 2.45) is 5.92 Å². The van der Waals surface area contributed by atoms with Crippen LogP contribution in [0.4, 0.5) is 5.69 Å². The lowest BCUT2D eigenvalue weighted by Crippen LogP contribution is -2.45. The Labute approximate surface area is 205 Å². The van der Waals surface area contributed by atoms with Gasteiger partial charge in [0.2, 0.25) is 0 Å². The molecular formula is C24H33N5O4S. The van der Waals surface area contributed by atoms with Crippen LogP contribution in [0.2, 0.25) is 0 Å². The fourth-order valence-corrected chi connectivity index (χ4v) is 5.57. The highest BCUT2D eigenvalue weighted by atomic mass is 32.1. The van der Waals surface area contributed by atoms with Gasteiger partial charge in [0, 0.05) is 30.1 Å². The van der Waals surface area contributed by atoms with Crippen molar-refractivity contribution in [1.82, 2.24) is 20.3 Å². The van der Waals surface area contributed by atoms with Crippen LogP contribution in [-0.2, 0) is 15.9 Å². The van der Waals surface area contributed by atoms with Crippen LogP contribution in [0.3, 0.4) is 0 Å². The number of hydrogen-bond donors (Lipinski definition) is 2. The van der Waals surface area contributed by atoms with Gasteiger partial charge in [-0.2, -0.15) is 0 Å². The van der Waals surface area contributed by atoms with Gasteiger partial charge in [0.15, 0.2) is 5.11 Å². The maximum Gasteiger partial charge on any atom is 0.171 e. The molecule has 9 nitrogen and oxygen atoms in total. The van der Waals surface area contributed by atoms with Crippen LogP contribution in [-0.4, -0.2) is 65.8 Å². The Kier molecular flexibility index (Phi) is 7.17. The van der Waals surface area contributed by atoms with Gasteiger partial charge in [-0.3, -0.25) is 0 Å². The maximum atomic E-state index is 6.14. The molecule has 3 fully saturated rings. The molecule has 0 spiro atoms. The molecule has 0 bridgehead atoms. The standard InChI is InChI=1S/C24H33N5O4S/c1-30-18-9-16(10-19(11-18)31-2)25-24(34)26-20-13-32-23-21(14-33-22(20)23)29-12-17(27-28-29)8-15-6-4-3-5-7-15/h9-12,15,20-23H,3-8,13-14H2,1-2H3,(H2,25,26,34)/t20-,21+,22-,23+/m1/s1. The van der Waals surface area contributed by atoms with E-state index in [0.717, 1.165) is 23.7 Å². The molecule has 3 aliphatic rings. The largest absolute Gasteiger partial charge is 0.497 e. The van der Waals surface area contributed by atoms with Crippen LogP contribution in [0.15, 0.2) is 24.4 Å². The lowest BCUT2D eigenvalue weighted by atomic mass is 9.86. The van der Waals surface area contributed by atoms with E-state index < -0.39 is 0 Å². The van der Waals surface area contributed by atoms with Crippen molar-refractivity contribution in [1.29, 1.82) is 0 Å². The summed E-state index contributed by atoms with van der Waals surface area (Å²) >= 11 is 5.55. The minimum atomic E-state index is -0.101. The van der Waals surface area contributed by atoms with E-state index >= 15 is 0 Å². The summed E-state index contributed by atoms with van der Waals surface area (Å²) in [6, 6.07) is 5.51. The minimum Gasteiger partial charge on any atom is -0.497 e. The number of nitrogens with one attached hydrogen (secondary N) is 2. The number of hydrogen-bond acceptors (Lipinski definition) is 7. The predicted molar refractivity (Wildman–Crippen MR) is 132 cm³/mol. The van der Waals surface area contributed by atoms with Crippen LogP contribution >= 0.6 is 12.2 Å². The molecule has 1 aromatic heterocycles. The Morgan fingerprint density at radius 2 is 1.79 bits per heavy atom. The van der Waals surface area contributed by atoms with Crippen LogP contribution < -0.4 is 20.1 Å². The molecule has 10 heteroatoms. The first kappa shape index (κ1) is 23.3. The molecule has 4 atom stereocenters. The van der Waals surface area contributed by atoms with Crippen LogP contribution in [0.25, 0.3) is 0 Å². The molecular weight excluding hydrogens is 454 g/mol. The lowest BCUT2D eigenvalue weighted by Gasteiger charge is -2.20. The molecule has 184 valence electrons. The summed E-state index contributed by atoms with van der Waals surface area (Å²) in [5.74, 6) is 2.11. The van der Waals surface area contributed by atoms with Crippen molar-refractivity contribution in [3.8, 4) is 11.5 Å². The van der Waals surface area contributed by atoms with Crippen molar-refractivity contribution >= 4 is 23.0 Å². The fraction of sp³-hybridized carbons (Fsp3) is 0.625. The third-order valence-corrected chi connectivity index (χ3v) is 7.29. The summed E-state index contributed by atoms with van der Waals surface area (Å²) in [6.07, 6.45) is 9.56. The summed E-state index contributed by atoms with van der Waals surface area (Å²) in [5.41, 5.74) is 1.85. The Morgan fingerprint density at radius 1 is 1.06 bits per heavy atom. The van der Waals surface area contributed by atoms with E-state index in [0.29, 0.717) is 29.8 Å². The zero-order valence-electron chi connectivity index (χ0n) is 19.7. The van der Waals surface area contributed by atoms with Gasteiger partial charge in [-0.1, -0.05) is 37.3 Å². The van der Waals surface area contributed by atoms with Gasteiger partial charge in [-0.15, -0.1) is 5.10 Å². The second kappa shape index (κ2) is 10.5. The number of fused-ring (bicyclic) bond motifs is 1. The molecule has 1 saturated carbocycles. The highest BCUT2D eigenvalue weighted by molar-refractivity contribution is 7.80. The smallest absolute Gasteiger partial charge is 0.171 e. The second-order valence-corrected chi connectivity index (χ2v) is 9.78. The molecule has 1 aromatic carbocycles. The van der Waals surface area contributed by atoms with Crippen molar-refractivity contribution in [2.75, 3.05) is 32.8 Å². The molecule has 2 N–H and O–H groups in total. The van der Waals surface area contributed by atoms with Gasteiger partial charge < -0.3 is 29.6 Å². The summed E-state index contributed by atoms with van der Waals surface area (Å²) in [6.45, 7) is 1.06. The third kappa shape index (κ3) is 5.13. The maximum absolute atomic E-state index is 6.14. The van der Waals surface area contributed by atoms with E-state index in [1.165, 1.54) is 32.1 Å². The first-order chi connectivity index (χ1) is 16.6. The number of anilines is 1. The van der Waals surface area contributed by atoms with Crippen LogP contribution in [0.1, 0.15) is 43.8 Å². The summed E-state index contributed by atoms with van der Waals surface area (Å²) in [4.78, 5) is 0. The van der Waals surface area contributed by atoms with E-state index in [4.69, 9.17) is 31.2 Å². The Bertz CT molecular complexity index is 973. The van der Waals surface area contributed by atoms with Gasteiger partial charge in [0.1, 0.15) is 29.7 Å². The molecule has 2 aromatic rings. The zero-order valence-corrected chi connectivity index (χ0v) is 20.6. The van der Waals surface area contributed by atoms with E-state index in [2.05, 4.69) is 27.1 Å². The Hall–Kier alpha value is -2.43. The van der Waals surface area contributed by atoms with E-state index in [1.807, 2.05) is 22.9 Å². The average molecular weight is 488 g/mol. The fourth-order valence-electron chi connectivity index (χ4n) is 5.30. The molecule has 1 aliphatic carbocycles. The number of ether oxygens (including phenoxy) is 4. The summed E-state index contributed by atoms with van der Waals surface area (Å²) in [5, 5.41) is 15.9. The van der Waals surface area contributed by atoms with Gasteiger partial charge in [0.05, 0.1) is 39.2 Å². The lowest BCUT2D eigenvalue weighted by molar-refractivity contribution is 0.0624. The molecule has 34 heavy (non-hydrogen) atoms. The first-order valence-electron chi connectivity index (χ1n) is 12.1. The quantitative estimate of drug-likeness (QED) is 0.572. The molecule has 5 rings (SSSR count). The van der Waals surface area contributed by atoms with E-state index in [-0.39, 0.29) is 24.3 Å². The third-order valence-electron chi connectivity index (χ3n) is 7.07. The molecule has 2 aliphatic heterocycles. The van der Waals surface area contributed by atoms with Crippen molar-refractivity contribution in [3.63, 3.8) is 0 Å². The first-order valence-corrected chi connectivity index (χ1v) is 12.5. The zero-order chi connectivity index (χ0) is 23.5. The van der Waals surface area contributed by atoms with E-state index in [1.54, 1.807) is 14.2 Å². The minimum absolute atomic E-state index is 0.0218. The molecule has 0 amide bonds. The summed E-state index contributed by atoms with van der Waals surface area (Å²) < 4.78 is 24.9. The number of rotatable bonds is 7. The normalized spacial score (nSPS) is 26.8. The van der Waals surface area contributed by atoms with Crippen LogP contribution in [0, 0.1) is 5.92 Å². The SMILES string of the molecule is COc1cc(NC(=S)N[C@@H]2CO[C@@H]3[C@@H]2OC[C@@H]3n2cc(CC3CCCCC3)nn2)cc(OC)c1. The number of aromatic nitrogens is 3. The van der Waals surface area contributed by atoms with Crippen LogP contribution in [0.5, 0.6) is 11.5 Å². The molecule has 0 unspecified atom stereocenters. The predicted octanol–water partition coefficient (Wildman–Crippen LogP) is 3.11. The topological polar surface area (TPSA) is 91.7 Å². The molecule has 2 saturated heterocycles. The highest BCUT2D eigenvalue weighted by Gasteiger charge is 2.49. The van der Waals surface area contributed by atoms with Gasteiger partial charge in [-0.25, -0.2) is 4.68 Å². The summed E-state index contributed by atoms with van der Waals surface area (Å²) in [7, 11) is 3.24.